The van der Waals surface area contributed by atoms with Gasteiger partial charge in [-0.1, -0.05) is 52.4 Å². The molecule has 0 saturated heterocycles. The maximum atomic E-state index is 12.0. The standard InChI is InChI=1S/C12H27OPS/c1-3-5-7-9-11-14(13,15)12-10-8-6-4-2/h3-12H2,1-2H3,(H,13,15). The summed E-state index contributed by atoms with van der Waals surface area (Å²) < 4.78 is 12.0. The Morgan fingerprint density at radius 2 is 1.20 bits per heavy atom. The van der Waals surface area contributed by atoms with E-state index in [2.05, 4.69) is 26.1 Å². The van der Waals surface area contributed by atoms with Crippen molar-refractivity contribution in [2.45, 2.75) is 65.2 Å². The predicted molar refractivity (Wildman–Crippen MR) is 74.6 cm³/mol. The fraction of sp³-hybridized carbons (Fsp3) is 1.00. The van der Waals surface area contributed by atoms with Gasteiger partial charge in [0, 0.05) is 12.3 Å². The lowest BCUT2D eigenvalue weighted by Crippen LogP contribution is -1.91. The van der Waals surface area contributed by atoms with E-state index in [0.29, 0.717) is 0 Å². The molecule has 0 fully saturated rings. The maximum absolute atomic E-state index is 12.0. The first-order valence-corrected chi connectivity index (χ1v) is 9.66. The molecule has 0 atom stereocenters. The second-order valence-electron chi connectivity index (χ2n) is 4.41. The third-order valence-corrected chi connectivity index (χ3v) is 5.95. The first kappa shape index (κ1) is 15.6. The molecule has 0 aromatic carbocycles. The summed E-state index contributed by atoms with van der Waals surface area (Å²) in [7, 11) is 0. The minimum absolute atomic E-state index is 0.849. The van der Waals surface area contributed by atoms with Crippen LogP contribution in [-0.4, -0.2) is 12.3 Å². The summed E-state index contributed by atoms with van der Waals surface area (Å²) in [5.41, 5.74) is 0. The molecule has 0 amide bonds. The highest BCUT2D eigenvalue weighted by molar-refractivity contribution is 8.48. The van der Waals surface area contributed by atoms with Gasteiger partial charge in [-0.3, -0.25) is 0 Å². The van der Waals surface area contributed by atoms with Gasteiger partial charge in [-0.2, -0.15) is 0 Å². The van der Waals surface area contributed by atoms with Gasteiger partial charge in [0.05, 0.1) is 0 Å². The third-order valence-electron chi connectivity index (χ3n) is 2.72. The van der Waals surface area contributed by atoms with Gasteiger partial charge in [-0.15, -0.1) is 12.2 Å². The summed E-state index contributed by atoms with van der Waals surface area (Å²) in [4.78, 5) is 0. The van der Waals surface area contributed by atoms with Gasteiger partial charge in [-0.25, -0.2) is 0 Å². The summed E-state index contributed by atoms with van der Waals surface area (Å²) in [5, 5.41) is 0. The highest BCUT2D eigenvalue weighted by Crippen LogP contribution is 2.52. The Labute approximate surface area is 101 Å². The molecule has 0 unspecified atom stereocenters. The molecular formula is C12H27OPS. The Balaban J connectivity index is 3.45. The molecule has 0 aromatic rings. The van der Waals surface area contributed by atoms with E-state index in [1.165, 1.54) is 38.5 Å². The van der Waals surface area contributed by atoms with E-state index < -0.39 is 6.34 Å². The molecule has 0 aliphatic carbocycles. The van der Waals surface area contributed by atoms with Gasteiger partial charge >= 0.3 is 0 Å². The van der Waals surface area contributed by atoms with Crippen LogP contribution in [0.25, 0.3) is 0 Å². The number of thiol groups is 1. The van der Waals surface area contributed by atoms with Crippen molar-refractivity contribution in [1.29, 1.82) is 0 Å². The zero-order valence-corrected chi connectivity index (χ0v) is 12.2. The van der Waals surface area contributed by atoms with Crippen LogP contribution in [-0.2, 0) is 4.57 Å². The Kier molecular flexibility index (Phi) is 10.2. The Morgan fingerprint density at radius 1 is 0.800 bits per heavy atom. The van der Waals surface area contributed by atoms with Gasteiger partial charge in [-0.05, 0) is 12.8 Å². The number of hydrogen-bond donors (Lipinski definition) is 1. The van der Waals surface area contributed by atoms with Crippen LogP contribution >= 0.6 is 18.6 Å². The number of unbranched alkanes of at least 4 members (excludes halogenated alkanes) is 6. The van der Waals surface area contributed by atoms with Crippen molar-refractivity contribution in [3.63, 3.8) is 0 Å². The summed E-state index contributed by atoms with van der Waals surface area (Å²) in [6.07, 6.45) is 9.28. The van der Waals surface area contributed by atoms with E-state index in [1.807, 2.05) is 0 Å². The van der Waals surface area contributed by atoms with Crippen LogP contribution in [0.1, 0.15) is 65.2 Å². The van der Waals surface area contributed by atoms with Gasteiger partial charge < -0.3 is 4.57 Å². The average Bonchev–Trinajstić information content (AvgIpc) is 2.20. The molecule has 0 aromatic heterocycles. The maximum Gasteiger partial charge on any atom is 0.136 e. The van der Waals surface area contributed by atoms with Crippen LogP contribution < -0.4 is 0 Å². The van der Waals surface area contributed by atoms with Crippen LogP contribution in [0.15, 0.2) is 0 Å². The van der Waals surface area contributed by atoms with Crippen molar-refractivity contribution in [3.8, 4) is 0 Å². The topological polar surface area (TPSA) is 17.1 Å². The highest BCUT2D eigenvalue weighted by atomic mass is 32.7. The monoisotopic (exact) mass is 250 g/mol. The molecule has 0 bridgehead atoms. The molecule has 0 radical (unpaired) electrons. The summed E-state index contributed by atoms with van der Waals surface area (Å²) in [6, 6.07) is 0. The Morgan fingerprint density at radius 3 is 1.53 bits per heavy atom. The van der Waals surface area contributed by atoms with Crippen LogP contribution in [0.5, 0.6) is 0 Å². The van der Waals surface area contributed by atoms with Gasteiger partial charge in [0.25, 0.3) is 0 Å². The molecule has 3 heteroatoms. The molecule has 0 N–H and O–H groups in total. The zero-order chi connectivity index (χ0) is 11.6. The molecular weight excluding hydrogens is 223 g/mol. The molecule has 0 rings (SSSR count). The van der Waals surface area contributed by atoms with E-state index in [0.717, 1.165) is 25.2 Å². The van der Waals surface area contributed by atoms with Crippen molar-refractivity contribution in [1.82, 2.24) is 0 Å². The highest BCUT2D eigenvalue weighted by Gasteiger charge is 2.14. The molecule has 0 heterocycles. The van der Waals surface area contributed by atoms with Crippen molar-refractivity contribution in [2.24, 2.45) is 0 Å². The van der Waals surface area contributed by atoms with Crippen molar-refractivity contribution in [2.75, 3.05) is 12.3 Å². The lowest BCUT2D eigenvalue weighted by Gasteiger charge is -2.11. The third kappa shape index (κ3) is 10.9. The lowest BCUT2D eigenvalue weighted by molar-refractivity contribution is 0.577. The first-order valence-electron chi connectivity index (χ1n) is 6.43. The van der Waals surface area contributed by atoms with E-state index in [1.54, 1.807) is 0 Å². The second-order valence-corrected chi connectivity index (χ2v) is 9.19. The first-order chi connectivity index (χ1) is 7.12. The summed E-state index contributed by atoms with van der Waals surface area (Å²) >= 11 is 4.35. The van der Waals surface area contributed by atoms with Crippen LogP contribution in [0, 0.1) is 0 Å². The second kappa shape index (κ2) is 9.78. The van der Waals surface area contributed by atoms with Crippen LogP contribution in [0.4, 0.5) is 0 Å². The number of rotatable bonds is 10. The van der Waals surface area contributed by atoms with Crippen molar-refractivity contribution < 1.29 is 4.57 Å². The molecule has 15 heavy (non-hydrogen) atoms. The van der Waals surface area contributed by atoms with Gasteiger partial charge in [0.15, 0.2) is 0 Å². The smallest absolute Gasteiger partial charge is 0.136 e. The van der Waals surface area contributed by atoms with E-state index in [4.69, 9.17) is 0 Å². The molecule has 0 aliphatic rings. The van der Waals surface area contributed by atoms with Crippen LogP contribution in [0.3, 0.4) is 0 Å². The molecule has 0 saturated carbocycles. The largest absolute Gasteiger partial charge is 0.312 e. The molecule has 0 aliphatic heterocycles. The predicted octanol–water partition coefficient (Wildman–Crippen LogP) is 5.35. The Bertz CT molecular complexity index is 166. The fourth-order valence-corrected chi connectivity index (χ4v) is 4.19. The normalized spacial score (nSPS) is 11.9. The average molecular weight is 250 g/mol. The van der Waals surface area contributed by atoms with Gasteiger partial charge in [0.2, 0.25) is 0 Å². The van der Waals surface area contributed by atoms with E-state index >= 15 is 0 Å². The lowest BCUT2D eigenvalue weighted by atomic mass is 10.2. The van der Waals surface area contributed by atoms with Gasteiger partial charge in [0.1, 0.15) is 6.34 Å². The number of hydrogen-bond acceptors (Lipinski definition) is 1. The SMILES string of the molecule is CCCCCCP(=O)(S)CCCCCC. The van der Waals surface area contributed by atoms with Crippen molar-refractivity contribution >= 4 is 18.6 Å². The van der Waals surface area contributed by atoms with E-state index in [-0.39, 0.29) is 0 Å². The van der Waals surface area contributed by atoms with Crippen molar-refractivity contribution in [3.05, 3.63) is 0 Å². The fourth-order valence-electron chi connectivity index (χ4n) is 1.68. The minimum atomic E-state index is -2.08. The molecule has 0 spiro atoms. The Hall–Kier alpha value is 0.580. The molecule has 1 nitrogen and oxygen atoms in total. The summed E-state index contributed by atoms with van der Waals surface area (Å²) in [5.74, 6) is 0. The minimum Gasteiger partial charge on any atom is -0.312 e. The zero-order valence-electron chi connectivity index (χ0n) is 10.4. The quantitative estimate of drug-likeness (QED) is 0.314. The molecule has 92 valence electrons. The summed E-state index contributed by atoms with van der Waals surface area (Å²) in [6.45, 7) is 4.40. The van der Waals surface area contributed by atoms with E-state index in [9.17, 15) is 4.57 Å². The van der Waals surface area contributed by atoms with Crippen LogP contribution in [0.2, 0.25) is 0 Å².